The average Bonchev–Trinajstić information content (AvgIpc) is 2.72. The molecule has 0 fully saturated rings. The number of aliphatic carboxylic acids is 1. The summed E-state index contributed by atoms with van der Waals surface area (Å²) >= 11 is 0. The Morgan fingerprint density at radius 2 is 1.36 bits per heavy atom. The highest BCUT2D eigenvalue weighted by Gasteiger charge is 2.32. The van der Waals surface area contributed by atoms with Crippen molar-refractivity contribution in [2.75, 3.05) is 6.54 Å². The first-order valence-electron chi connectivity index (χ1n) is 10.9. The van der Waals surface area contributed by atoms with Crippen molar-refractivity contribution in [3.8, 4) is 0 Å². The van der Waals surface area contributed by atoms with Crippen LogP contribution in [0.2, 0.25) is 0 Å². The minimum absolute atomic E-state index is 0.180. The zero-order chi connectivity index (χ0) is 25.7. The Labute approximate surface area is 193 Å². The van der Waals surface area contributed by atoms with E-state index in [1.165, 1.54) is 6.92 Å². The maximum absolute atomic E-state index is 12.9. The molecule has 0 aromatic carbocycles. The largest absolute Gasteiger partial charge is 0.480 e. The summed E-state index contributed by atoms with van der Waals surface area (Å²) in [7, 11) is 0. The minimum Gasteiger partial charge on any atom is -0.480 e. The molecule has 0 rings (SSSR count). The second kappa shape index (κ2) is 15.1. The number of hydrogen-bond donors (Lipinski definition) is 8. The van der Waals surface area contributed by atoms with Crippen molar-refractivity contribution in [2.24, 2.45) is 23.1 Å². The molecule has 4 amide bonds. The molecule has 0 bridgehead atoms. The van der Waals surface area contributed by atoms with E-state index in [1.807, 2.05) is 0 Å². The number of unbranched alkanes of at least 4 members (excludes halogenated alkanes) is 1. The van der Waals surface area contributed by atoms with E-state index < -0.39 is 59.9 Å². The van der Waals surface area contributed by atoms with Crippen molar-refractivity contribution >= 4 is 29.6 Å². The Morgan fingerprint density at radius 3 is 1.82 bits per heavy atom. The molecule has 0 spiro atoms. The van der Waals surface area contributed by atoms with Gasteiger partial charge < -0.3 is 43.4 Å². The molecule has 0 heterocycles. The summed E-state index contributed by atoms with van der Waals surface area (Å²) in [6, 6.07) is -4.86. The normalized spacial score (nSPS) is 15.6. The molecule has 0 aromatic heterocycles. The number of rotatable bonds is 16. The van der Waals surface area contributed by atoms with Crippen LogP contribution in [0.5, 0.6) is 0 Å². The Morgan fingerprint density at radius 1 is 0.848 bits per heavy atom. The van der Waals surface area contributed by atoms with Gasteiger partial charge in [-0.1, -0.05) is 13.8 Å². The lowest BCUT2D eigenvalue weighted by Crippen LogP contribution is -2.58. The third-order valence-corrected chi connectivity index (χ3v) is 4.96. The monoisotopic (exact) mass is 474 g/mol. The molecular formula is C20H38N6O7. The van der Waals surface area contributed by atoms with E-state index in [0.29, 0.717) is 19.4 Å². The van der Waals surface area contributed by atoms with E-state index in [-0.39, 0.29) is 25.2 Å². The number of hydrogen-bond acceptors (Lipinski definition) is 8. The van der Waals surface area contributed by atoms with Crippen molar-refractivity contribution in [1.82, 2.24) is 16.0 Å². The van der Waals surface area contributed by atoms with E-state index in [2.05, 4.69) is 16.0 Å². The van der Waals surface area contributed by atoms with Crippen LogP contribution in [0.15, 0.2) is 0 Å². The first-order valence-corrected chi connectivity index (χ1v) is 10.9. The highest BCUT2D eigenvalue weighted by molar-refractivity contribution is 5.94. The molecule has 5 unspecified atom stereocenters. The maximum atomic E-state index is 12.9. The van der Waals surface area contributed by atoms with Gasteiger partial charge in [-0.2, -0.15) is 0 Å². The van der Waals surface area contributed by atoms with Crippen molar-refractivity contribution in [3.05, 3.63) is 0 Å². The Kier molecular flexibility index (Phi) is 13.9. The lowest BCUT2D eigenvalue weighted by Gasteiger charge is -2.26. The van der Waals surface area contributed by atoms with Crippen molar-refractivity contribution in [3.63, 3.8) is 0 Å². The number of aliphatic hydroxyl groups excluding tert-OH is 1. The van der Waals surface area contributed by atoms with Crippen LogP contribution in [-0.4, -0.2) is 76.6 Å². The summed E-state index contributed by atoms with van der Waals surface area (Å²) in [5, 5.41) is 25.9. The summed E-state index contributed by atoms with van der Waals surface area (Å²) in [5.74, 6) is -4.58. The summed E-state index contributed by atoms with van der Waals surface area (Å²) < 4.78 is 0. The number of aliphatic hydroxyl groups is 1. The summed E-state index contributed by atoms with van der Waals surface area (Å²) in [6.45, 7) is 5.06. The zero-order valence-corrected chi connectivity index (χ0v) is 19.4. The second-order valence-corrected chi connectivity index (χ2v) is 8.25. The van der Waals surface area contributed by atoms with Crippen LogP contribution in [0, 0.1) is 5.92 Å². The molecule has 0 radical (unpaired) electrons. The molecule has 0 aliphatic carbocycles. The van der Waals surface area contributed by atoms with Gasteiger partial charge in [0.1, 0.15) is 12.1 Å². The van der Waals surface area contributed by atoms with E-state index in [4.69, 9.17) is 17.2 Å². The lowest BCUT2D eigenvalue weighted by molar-refractivity contribution is -0.145. The number of carboxylic acids is 1. The van der Waals surface area contributed by atoms with Gasteiger partial charge in [0.05, 0.1) is 12.1 Å². The SMILES string of the molecule is CC(C)C(N)C(=O)NC(CCCCN)C(=O)NC(CCC(N)=O)C(=O)NC(C(=O)O)C(C)O. The molecule has 33 heavy (non-hydrogen) atoms. The van der Waals surface area contributed by atoms with Crippen LogP contribution in [0.4, 0.5) is 0 Å². The van der Waals surface area contributed by atoms with Crippen LogP contribution in [0.3, 0.4) is 0 Å². The second-order valence-electron chi connectivity index (χ2n) is 8.25. The third kappa shape index (κ3) is 11.6. The molecule has 190 valence electrons. The Bertz CT molecular complexity index is 686. The number of carboxylic acid groups (broad SMARTS) is 1. The lowest BCUT2D eigenvalue weighted by atomic mass is 10.0. The molecule has 0 saturated carbocycles. The van der Waals surface area contributed by atoms with E-state index in [1.54, 1.807) is 13.8 Å². The fraction of sp³-hybridized carbons (Fsp3) is 0.750. The molecule has 0 aliphatic rings. The Balaban J connectivity index is 5.57. The Hall–Kier alpha value is -2.77. The van der Waals surface area contributed by atoms with Crippen LogP contribution in [-0.2, 0) is 24.0 Å². The molecule has 5 atom stereocenters. The van der Waals surface area contributed by atoms with Gasteiger partial charge in [-0.05, 0) is 45.1 Å². The van der Waals surface area contributed by atoms with E-state index >= 15 is 0 Å². The number of nitrogens with one attached hydrogen (secondary N) is 3. The van der Waals surface area contributed by atoms with Gasteiger partial charge in [0, 0.05) is 6.42 Å². The van der Waals surface area contributed by atoms with E-state index in [9.17, 15) is 34.2 Å². The van der Waals surface area contributed by atoms with Gasteiger partial charge in [0.2, 0.25) is 23.6 Å². The predicted octanol–water partition coefficient (Wildman–Crippen LogP) is -2.72. The van der Waals surface area contributed by atoms with Crippen molar-refractivity contribution < 1.29 is 34.2 Å². The molecule has 13 heteroatoms. The third-order valence-electron chi connectivity index (χ3n) is 4.96. The highest BCUT2D eigenvalue weighted by Crippen LogP contribution is 2.07. The van der Waals surface area contributed by atoms with Gasteiger partial charge in [0.25, 0.3) is 0 Å². The van der Waals surface area contributed by atoms with Gasteiger partial charge in [0.15, 0.2) is 6.04 Å². The zero-order valence-electron chi connectivity index (χ0n) is 19.4. The van der Waals surface area contributed by atoms with Crippen LogP contribution in [0.25, 0.3) is 0 Å². The van der Waals surface area contributed by atoms with Crippen LogP contribution >= 0.6 is 0 Å². The number of amides is 4. The van der Waals surface area contributed by atoms with Crippen LogP contribution < -0.4 is 33.2 Å². The average molecular weight is 475 g/mol. The maximum Gasteiger partial charge on any atom is 0.328 e. The molecular weight excluding hydrogens is 436 g/mol. The smallest absolute Gasteiger partial charge is 0.328 e. The number of carbonyl (C=O) groups is 5. The fourth-order valence-electron chi connectivity index (χ4n) is 2.80. The summed E-state index contributed by atoms with van der Waals surface area (Å²) in [5.41, 5.74) is 16.5. The van der Waals surface area contributed by atoms with Gasteiger partial charge >= 0.3 is 5.97 Å². The topological polar surface area (TPSA) is 240 Å². The molecule has 0 aliphatic heterocycles. The number of carbonyl (C=O) groups excluding carboxylic acids is 4. The highest BCUT2D eigenvalue weighted by atomic mass is 16.4. The van der Waals surface area contributed by atoms with Gasteiger partial charge in [-0.25, -0.2) is 4.79 Å². The number of nitrogens with two attached hydrogens (primary N) is 3. The fourth-order valence-corrected chi connectivity index (χ4v) is 2.80. The van der Waals surface area contributed by atoms with E-state index in [0.717, 1.165) is 0 Å². The minimum atomic E-state index is -1.63. The first kappa shape index (κ1) is 30.2. The van der Waals surface area contributed by atoms with Gasteiger partial charge in [-0.15, -0.1) is 0 Å². The predicted molar refractivity (Wildman–Crippen MR) is 119 cm³/mol. The summed E-state index contributed by atoms with van der Waals surface area (Å²) in [4.78, 5) is 60.4. The quantitative estimate of drug-likeness (QED) is 0.108. The van der Waals surface area contributed by atoms with Crippen molar-refractivity contribution in [2.45, 2.75) is 83.1 Å². The van der Waals surface area contributed by atoms with Crippen LogP contribution in [0.1, 0.15) is 52.9 Å². The standard InChI is InChI=1S/C20H38N6O7/c1-10(2)15(23)19(31)25-12(6-4-5-9-21)17(29)24-13(7-8-14(22)28)18(30)26-16(11(3)27)20(32)33/h10-13,15-16,27H,4-9,21,23H2,1-3H3,(H2,22,28)(H,24,29)(H,25,31)(H,26,30)(H,32,33). The number of primary amides is 1. The van der Waals surface area contributed by atoms with Gasteiger partial charge in [-0.3, -0.25) is 19.2 Å². The molecule has 0 aromatic rings. The summed E-state index contributed by atoms with van der Waals surface area (Å²) in [6.07, 6.45) is -0.584. The molecule has 0 saturated heterocycles. The first-order chi connectivity index (χ1) is 15.3. The van der Waals surface area contributed by atoms with Crippen molar-refractivity contribution in [1.29, 1.82) is 0 Å². The molecule has 11 N–H and O–H groups in total. The molecule has 13 nitrogen and oxygen atoms in total.